The standard InChI is InChI=1S/C14H19ClN2OS/c1-19-9-6-7-11(15)10(8-9)14(18)17-13-5-3-2-4-12(13)16/h6-8,12-13H,2-5,16H2,1H3,(H,17,18)/t12-,13-/m1/s1. The van der Waals surface area contributed by atoms with Gasteiger partial charge >= 0.3 is 0 Å². The molecule has 0 radical (unpaired) electrons. The van der Waals surface area contributed by atoms with Crippen molar-refractivity contribution >= 4 is 29.3 Å². The first kappa shape index (κ1) is 14.7. The van der Waals surface area contributed by atoms with Crippen LogP contribution in [0.1, 0.15) is 36.0 Å². The van der Waals surface area contributed by atoms with Crippen LogP contribution in [-0.4, -0.2) is 24.2 Å². The molecule has 5 heteroatoms. The molecule has 1 aliphatic rings. The Morgan fingerprint density at radius 2 is 2.16 bits per heavy atom. The summed E-state index contributed by atoms with van der Waals surface area (Å²) >= 11 is 7.69. The molecule has 3 N–H and O–H groups in total. The Morgan fingerprint density at radius 3 is 2.84 bits per heavy atom. The van der Waals surface area contributed by atoms with Crippen LogP contribution in [0, 0.1) is 0 Å². The van der Waals surface area contributed by atoms with Crippen LogP contribution in [0.4, 0.5) is 0 Å². The van der Waals surface area contributed by atoms with Gasteiger partial charge < -0.3 is 11.1 Å². The summed E-state index contributed by atoms with van der Waals surface area (Å²) in [5.74, 6) is -0.122. The number of nitrogens with two attached hydrogens (primary N) is 1. The number of nitrogens with one attached hydrogen (secondary N) is 1. The molecule has 0 aliphatic heterocycles. The molecule has 0 saturated heterocycles. The van der Waals surface area contributed by atoms with Gasteiger partial charge in [-0.2, -0.15) is 0 Å². The minimum Gasteiger partial charge on any atom is -0.348 e. The van der Waals surface area contributed by atoms with Gasteiger partial charge in [0.2, 0.25) is 0 Å². The van der Waals surface area contributed by atoms with Gasteiger partial charge in [0.25, 0.3) is 5.91 Å². The summed E-state index contributed by atoms with van der Waals surface area (Å²) in [5, 5.41) is 3.51. The van der Waals surface area contributed by atoms with E-state index >= 15 is 0 Å². The first-order chi connectivity index (χ1) is 9.11. The molecule has 1 aliphatic carbocycles. The van der Waals surface area contributed by atoms with E-state index in [-0.39, 0.29) is 18.0 Å². The van der Waals surface area contributed by atoms with Gasteiger partial charge in [-0.3, -0.25) is 4.79 Å². The van der Waals surface area contributed by atoms with Crippen molar-refractivity contribution < 1.29 is 4.79 Å². The molecule has 0 spiro atoms. The molecule has 1 amide bonds. The Bertz CT molecular complexity index is 467. The molecule has 2 atom stereocenters. The maximum Gasteiger partial charge on any atom is 0.253 e. The van der Waals surface area contributed by atoms with Crippen molar-refractivity contribution in [3.8, 4) is 0 Å². The highest BCUT2D eigenvalue weighted by molar-refractivity contribution is 7.98. The number of rotatable bonds is 3. The van der Waals surface area contributed by atoms with Crippen molar-refractivity contribution in [1.82, 2.24) is 5.32 Å². The molecule has 2 rings (SSSR count). The van der Waals surface area contributed by atoms with E-state index in [1.807, 2.05) is 18.4 Å². The van der Waals surface area contributed by atoms with Gasteiger partial charge in [0, 0.05) is 17.0 Å². The lowest BCUT2D eigenvalue weighted by Crippen LogP contribution is -2.49. The number of carbonyl (C=O) groups is 1. The smallest absolute Gasteiger partial charge is 0.253 e. The number of amides is 1. The van der Waals surface area contributed by atoms with Crippen molar-refractivity contribution in [2.24, 2.45) is 5.73 Å². The SMILES string of the molecule is CSc1ccc(Cl)c(C(=O)N[C@@H]2CCCC[C@H]2N)c1. The van der Waals surface area contributed by atoms with Crippen molar-refractivity contribution in [3.63, 3.8) is 0 Å². The topological polar surface area (TPSA) is 55.1 Å². The van der Waals surface area contributed by atoms with Crippen LogP contribution in [0.5, 0.6) is 0 Å². The van der Waals surface area contributed by atoms with E-state index in [4.69, 9.17) is 17.3 Å². The highest BCUT2D eigenvalue weighted by Gasteiger charge is 2.24. The average Bonchev–Trinajstić information content (AvgIpc) is 2.42. The van der Waals surface area contributed by atoms with Crippen LogP contribution in [0.15, 0.2) is 23.1 Å². The van der Waals surface area contributed by atoms with Crippen LogP contribution < -0.4 is 11.1 Å². The zero-order valence-electron chi connectivity index (χ0n) is 11.0. The van der Waals surface area contributed by atoms with E-state index in [0.717, 1.165) is 30.6 Å². The molecule has 1 aromatic carbocycles. The summed E-state index contributed by atoms with van der Waals surface area (Å²) in [6.45, 7) is 0. The molecule has 0 heterocycles. The predicted molar refractivity (Wildman–Crippen MR) is 80.9 cm³/mol. The highest BCUT2D eigenvalue weighted by atomic mass is 35.5. The fourth-order valence-corrected chi connectivity index (χ4v) is 3.03. The van der Waals surface area contributed by atoms with Gasteiger partial charge in [-0.25, -0.2) is 0 Å². The molecule has 1 saturated carbocycles. The summed E-state index contributed by atoms with van der Waals surface area (Å²) in [5.41, 5.74) is 6.58. The fraction of sp³-hybridized carbons (Fsp3) is 0.500. The third kappa shape index (κ3) is 3.65. The first-order valence-electron chi connectivity index (χ1n) is 6.52. The largest absolute Gasteiger partial charge is 0.348 e. The van der Waals surface area contributed by atoms with Gasteiger partial charge in [-0.1, -0.05) is 24.4 Å². The van der Waals surface area contributed by atoms with E-state index in [1.165, 1.54) is 0 Å². The Kier molecular flexibility index (Phi) is 5.13. The monoisotopic (exact) mass is 298 g/mol. The molecule has 3 nitrogen and oxygen atoms in total. The Morgan fingerprint density at radius 1 is 1.42 bits per heavy atom. The third-order valence-electron chi connectivity index (χ3n) is 3.55. The second-order valence-electron chi connectivity index (χ2n) is 4.87. The predicted octanol–water partition coefficient (Wildman–Crippen LogP) is 3.06. The summed E-state index contributed by atoms with van der Waals surface area (Å²) in [6, 6.07) is 5.63. The maximum absolute atomic E-state index is 12.3. The van der Waals surface area contributed by atoms with Crippen molar-refractivity contribution in [2.45, 2.75) is 42.7 Å². The zero-order chi connectivity index (χ0) is 13.8. The van der Waals surface area contributed by atoms with Crippen LogP contribution >= 0.6 is 23.4 Å². The van der Waals surface area contributed by atoms with Crippen molar-refractivity contribution in [1.29, 1.82) is 0 Å². The number of thioether (sulfide) groups is 1. The lowest BCUT2D eigenvalue weighted by molar-refractivity contribution is 0.0921. The molecular formula is C14H19ClN2OS. The summed E-state index contributed by atoms with van der Waals surface area (Å²) in [4.78, 5) is 13.3. The van der Waals surface area contributed by atoms with Gasteiger partial charge in [-0.15, -0.1) is 11.8 Å². The second kappa shape index (κ2) is 6.64. The molecule has 1 aromatic rings. The molecule has 0 bridgehead atoms. The summed E-state index contributed by atoms with van der Waals surface area (Å²) in [7, 11) is 0. The third-order valence-corrected chi connectivity index (χ3v) is 4.61. The van der Waals surface area contributed by atoms with Crippen molar-refractivity contribution in [3.05, 3.63) is 28.8 Å². The van der Waals surface area contributed by atoms with Gasteiger partial charge in [0.15, 0.2) is 0 Å². The molecule has 1 fully saturated rings. The number of halogens is 1. The van der Waals surface area contributed by atoms with E-state index in [9.17, 15) is 4.79 Å². The molecule has 19 heavy (non-hydrogen) atoms. The Balaban J connectivity index is 2.10. The van der Waals surface area contributed by atoms with E-state index in [1.54, 1.807) is 17.8 Å². The van der Waals surface area contributed by atoms with Crippen LogP contribution in [0.25, 0.3) is 0 Å². The first-order valence-corrected chi connectivity index (χ1v) is 8.12. The van der Waals surface area contributed by atoms with Gasteiger partial charge in [-0.05, 0) is 37.3 Å². The number of hydrogen-bond donors (Lipinski definition) is 2. The summed E-state index contributed by atoms with van der Waals surface area (Å²) < 4.78 is 0. The lowest BCUT2D eigenvalue weighted by Gasteiger charge is -2.29. The van der Waals surface area contributed by atoms with E-state index in [2.05, 4.69) is 5.32 Å². The van der Waals surface area contributed by atoms with Crippen LogP contribution in [0.3, 0.4) is 0 Å². The minimum absolute atomic E-state index is 0.0557. The second-order valence-corrected chi connectivity index (χ2v) is 6.16. The molecule has 104 valence electrons. The molecule has 0 unspecified atom stereocenters. The van der Waals surface area contributed by atoms with Gasteiger partial charge in [0.05, 0.1) is 10.6 Å². The minimum atomic E-state index is -0.122. The van der Waals surface area contributed by atoms with Crippen LogP contribution in [-0.2, 0) is 0 Å². The number of carbonyl (C=O) groups excluding carboxylic acids is 1. The van der Waals surface area contributed by atoms with Crippen molar-refractivity contribution in [2.75, 3.05) is 6.26 Å². The normalized spacial score (nSPS) is 23.1. The average molecular weight is 299 g/mol. The maximum atomic E-state index is 12.3. The quantitative estimate of drug-likeness (QED) is 0.843. The lowest BCUT2D eigenvalue weighted by atomic mass is 9.91. The number of hydrogen-bond acceptors (Lipinski definition) is 3. The Labute approximate surface area is 123 Å². The van der Waals surface area contributed by atoms with E-state index in [0.29, 0.717) is 10.6 Å². The molecule has 0 aromatic heterocycles. The highest BCUT2D eigenvalue weighted by Crippen LogP contribution is 2.24. The fourth-order valence-electron chi connectivity index (χ4n) is 2.39. The molecular weight excluding hydrogens is 280 g/mol. The van der Waals surface area contributed by atoms with Gasteiger partial charge in [0.1, 0.15) is 0 Å². The summed E-state index contributed by atoms with van der Waals surface area (Å²) in [6.07, 6.45) is 6.17. The number of benzene rings is 1. The Hall–Kier alpha value is -0.710. The van der Waals surface area contributed by atoms with Crippen LogP contribution in [0.2, 0.25) is 5.02 Å². The zero-order valence-corrected chi connectivity index (χ0v) is 12.6. The van der Waals surface area contributed by atoms with E-state index < -0.39 is 0 Å².